The van der Waals surface area contributed by atoms with E-state index in [1.165, 1.54) is 87.7 Å². The van der Waals surface area contributed by atoms with Crippen molar-refractivity contribution in [2.45, 2.75) is 49.4 Å². The van der Waals surface area contributed by atoms with Gasteiger partial charge in [-0.15, -0.1) is 0 Å². The zero-order valence-corrected chi connectivity index (χ0v) is 32.3. The van der Waals surface area contributed by atoms with E-state index in [1.807, 2.05) is 36.4 Å². The highest BCUT2D eigenvalue weighted by molar-refractivity contribution is 6.00. The number of hydrogen-bond donors (Lipinski definition) is 0. The molecule has 1 aromatic heterocycles. The Bertz CT molecular complexity index is 2880. The summed E-state index contributed by atoms with van der Waals surface area (Å²) in [6.45, 7) is 0. The van der Waals surface area contributed by atoms with Crippen LogP contribution in [0.15, 0.2) is 164 Å². The summed E-state index contributed by atoms with van der Waals surface area (Å²) in [5.74, 6) is 5.21. The van der Waals surface area contributed by atoms with E-state index < -0.39 is 0 Å². The molecule has 0 N–H and O–H groups in total. The Labute approximate surface area is 339 Å². The second-order valence-corrected chi connectivity index (χ2v) is 17.5. The van der Waals surface area contributed by atoms with Crippen LogP contribution in [0, 0.1) is 11.8 Å². The van der Waals surface area contributed by atoms with Crippen LogP contribution >= 0.6 is 0 Å². The largest absolute Gasteiger partial charge is 0.208 e. The van der Waals surface area contributed by atoms with Crippen LogP contribution in [0.3, 0.4) is 0 Å². The molecule has 3 heteroatoms. The van der Waals surface area contributed by atoms with Gasteiger partial charge >= 0.3 is 0 Å². The van der Waals surface area contributed by atoms with Crippen molar-refractivity contribution in [3.05, 3.63) is 197 Å². The van der Waals surface area contributed by atoms with Crippen molar-refractivity contribution >= 4 is 0 Å². The molecule has 7 aromatic carbocycles. The molecule has 2 saturated carbocycles. The fraction of sp³-hybridized carbons (Fsp3) is 0.182. The zero-order valence-electron chi connectivity index (χ0n) is 32.3. The third kappa shape index (κ3) is 4.59. The predicted octanol–water partition coefficient (Wildman–Crippen LogP) is 13.3. The van der Waals surface area contributed by atoms with Gasteiger partial charge in [0.05, 0.1) is 5.41 Å². The molecule has 0 radical (unpaired) electrons. The molecule has 276 valence electrons. The fourth-order valence-corrected chi connectivity index (χ4v) is 12.3. The van der Waals surface area contributed by atoms with Gasteiger partial charge in [-0.05, 0) is 123 Å². The Hall–Kier alpha value is -6.45. The van der Waals surface area contributed by atoms with E-state index in [9.17, 15) is 0 Å². The lowest BCUT2D eigenvalue weighted by molar-refractivity contribution is 0.166. The monoisotopic (exact) mass is 743 g/mol. The van der Waals surface area contributed by atoms with Gasteiger partial charge in [0.2, 0.25) is 0 Å². The van der Waals surface area contributed by atoms with Crippen molar-refractivity contribution < 1.29 is 0 Å². The molecule has 2 fully saturated rings. The molecule has 1 spiro atoms. The lowest BCUT2D eigenvalue weighted by Gasteiger charge is -2.38. The smallest absolute Gasteiger partial charge is 0.164 e. The van der Waals surface area contributed by atoms with Gasteiger partial charge in [-0.3, -0.25) is 0 Å². The molecule has 0 aliphatic heterocycles. The topological polar surface area (TPSA) is 38.7 Å². The Morgan fingerprint density at radius 1 is 0.345 bits per heavy atom. The third-order valence-electron chi connectivity index (χ3n) is 14.5. The van der Waals surface area contributed by atoms with Crippen molar-refractivity contribution in [2.24, 2.45) is 11.8 Å². The Morgan fingerprint density at radius 2 is 0.810 bits per heavy atom. The highest BCUT2D eigenvalue weighted by atomic mass is 15.0. The molecule has 3 unspecified atom stereocenters. The molecular weight excluding hydrogens is 703 g/mol. The summed E-state index contributed by atoms with van der Waals surface area (Å²) in [5.41, 5.74) is 19.6. The molecule has 3 atom stereocenters. The maximum Gasteiger partial charge on any atom is 0.164 e. The number of rotatable bonds is 4. The minimum absolute atomic E-state index is 0.362. The van der Waals surface area contributed by atoms with Crippen LogP contribution in [-0.2, 0) is 5.41 Å². The number of hydrogen-bond acceptors (Lipinski definition) is 3. The van der Waals surface area contributed by atoms with Gasteiger partial charge in [-0.25, -0.2) is 15.0 Å². The first-order chi connectivity index (χ1) is 28.7. The van der Waals surface area contributed by atoms with Gasteiger partial charge < -0.3 is 0 Å². The van der Waals surface area contributed by atoms with E-state index in [4.69, 9.17) is 15.0 Å². The van der Waals surface area contributed by atoms with Gasteiger partial charge in [0.25, 0.3) is 0 Å². The van der Waals surface area contributed by atoms with Crippen molar-refractivity contribution in [3.63, 3.8) is 0 Å². The molecule has 4 bridgehead atoms. The van der Waals surface area contributed by atoms with E-state index in [1.54, 1.807) is 11.1 Å². The quantitative estimate of drug-likeness (QED) is 0.180. The van der Waals surface area contributed by atoms with Crippen LogP contribution in [0.2, 0.25) is 0 Å². The first-order valence-electron chi connectivity index (χ1n) is 21.2. The molecule has 0 saturated heterocycles. The van der Waals surface area contributed by atoms with E-state index in [2.05, 4.69) is 127 Å². The highest BCUT2D eigenvalue weighted by Crippen LogP contribution is 2.66. The van der Waals surface area contributed by atoms with Gasteiger partial charge in [-0.1, -0.05) is 164 Å². The average molecular weight is 744 g/mol. The van der Waals surface area contributed by atoms with Crippen LogP contribution in [0.25, 0.3) is 67.5 Å². The Balaban J connectivity index is 0.976. The fourth-order valence-electron chi connectivity index (χ4n) is 12.3. The van der Waals surface area contributed by atoms with Gasteiger partial charge in [-0.2, -0.15) is 0 Å². The summed E-state index contributed by atoms with van der Waals surface area (Å²) < 4.78 is 0. The molecule has 8 aromatic rings. The van der Waals surface area contributed by atoms with E-state index >= 15 is 0 Å². The lowest BCUT2D eigenvalue weighted by Crippen LogP contribution is -2.26. The summed E-state index contributed by atoms with van der Waals surface area (Å²) in [4.78, 5) is 15.0. The molecular formula is C55H41N3. The summed E-state index contributed by atoms with van der Waals surface area (Å²) >= 11 is 0. The summed E-state index contributed by atoms with van der Waals surface area (Å²) in [6.07, 6.45) is 6.97. The number of nitrogens with zero attached hydrogens (tertiary/aromatic N) is 3. The molecule has 58 heavy (non-hydrogen) atoms. The van der Waals surface area contributed by atoms with Crippen molar-refractivity contribution in [1.82, 2.24) is 15.0 Å². The molecule has 1 heterocycles. The van der Waals surface area contributed by atoms with Crippen LogP contribution in [0.4, 0.5) is 0 Å². The van der Waals surface area contributed by atoms with Crippen molar-refractivity contribution in [1.29, 1.82) is 0 Å². The molecule has 0 amide bonds. The standard InChI is InChI=1S/C55H41N3/c1-3-12-36(13-4-1)52-56-53(37-14-5-2-6-15-37)58-54(57-52)38-24-22-35(23-25-38)41-18-11-21-49-51(41)43-17-8-10-20-48(43)55(49)47-19-9-7-16-42(47)46-31-44-39-27-33-26-34(28-39)30-40(29-33)45(44)32-50(46)55/h1-25,31-34,39-40H,26-30H2. The van der Waals surface area contributed by atoms with Gasteiger partial charge in [0.15, 0.2) is 17.5 Å². The molecule has 6 aliphatic rings. The normalized spacial score (nSPS) is 22.6. The summed E-state index contributed by atoms with van der Waals surface area (Å²) in [5, 5.41) is 0. The summed E-state index contributed by atoms with van der Waals surface area (Å²) in [6, 6.07) is 60.3. The van der Waals surface area contributed by atoms with Crippen LogP contribution in [-0.4, -0.2) is 15.0 Å². The SMILES string of the molecule is c1ccc(-c2nc(-c3ccccc3)nc(-c3ccc(-c4cccc5c4-c4ccccc4C54c5ccccc5-c5cc6c(cc54)C4CC5CC(CC6C5)C4)cc3)n2)cc1. The maximum absolute atomic E-state index is 5.02. The number of benzene rings is 7. The van der Waals surface area contributed by atoms with Crippen molar-refractivity contribution in [2.75, 3.05) is 0 Å². The van der Waals surface area contributed by atoms with E-state index in [-0.39, 0.29) is 5.41 Å². The van der Waals surface area contributed by atoms with Gasteiger partial charge in [0.1, 0.15) is 0 Å². The van der Waals surface area contributed by atoms with Crippen LogP contribution in [0.1, 0.15) is 77.3 Å². The Kier molecular flexibility index (Phi) is 6.90. The van der Waals surface area contributed by atoms with Crippen LogP contribution < -0.4 is 0 Å². The maximum atomic E-state index is 5.02. The zero-order chi connectivity index (χ0) is 38.0. The summed E-state index contributed by atoms with van der Waals surface area (Å²) in [7, 11) is 0. The molecule has 3 nitrogen and oxygen atoms in total. The minimum atomic E-state index is -0.362. The first-order valence-corrected chi connectivity index (χ1v) is 21.2. The van der Waals surface area contributed by atoms with Crippen LogP contribution in [0.5, 0.6) is 0 Å². The van der Waals surface area contributed by atoms with E-state index in [0.29, 0.717) is 29.3 Å². The van der Waals surface area contributed by atoms with Crippen molar-refractivity contribution in [3.8, 4) is 67.5 Å². The lowest BCUT2D eigenvalue weighted by atomic mass is 9.67. The first kappa shape index (κ1) is 32.6. The van der Waals surface area contributed by atoms with E-state index in [0.717, 1.165) is 28.5 Å². The number of aromatic nitrogens is 3. The molecule has 14 rings (SSSR count). The minimum Gasteiger partial charge on any atom is -0.208 e. The van der Waals surface area contributed by atoms with Gasteiger partial charge in [0, 0.05) is 16.7 Å². The number of fused-ring (bicyclic) bond motifs is 10. The Morgan fingerprint density at radius 3 is 1.43 bits per heavy atom. The molecule has 6 aliphatic carbocycles. The highest BCUT2D eigenvalue weighted by Gasteiger charge is 2.53. The third-order valence-corrected chi connectivity index (χ3v) is 14.5. The second-order valence-electron chi connectivity index (χ2n) is 17.5. The second kappa shape index (κ2) is 12.3. The predicted molar refractivity (Wildman–Crippen MR) is 233 cm³/mol. The average Bonchev–Trinajstić information content (AvgIpc) is 3.69.